The molecule has 0 atom stereocenters. The molecule has 0 saturated heterocycles. The molecule has 0 aliphatic heterocycles. The third-order valence-corrected chi connectivity index (χ3v) is 3.12. The van der Waals surface area contributed by atoms with Gasteiger partial charge in [0, 0.05) is 23.5 Å². The van der Waals surface area contributed by atoms with Gasteiger partial charge in [0.05, 0.1) is 16.4 Å². The standard InChI is InChI=1S/C13H9ClN2O/c14-8-6-10-12(16-7-8)4-3-11-9(13(10)17)2-1-5-15-11/h1-2,5-7H,3-4H2. The quantitative estimate of drug-likeness (QED) is 0.715. The van der Waals surface area contributed by atoms with E-state index in [1.54, 1.807) is 30.6 Å². The van der Waals surface area contributed by atoms with Crippen LogP contribution in [-0.2, 0) is 12.8 Å². The van der Waals surface area contributed by atoms with Crippen LogP contribution >= 0.6 is 11.6 Å². The Labute approximate surface area is 103 Å². The molecule has 0 aromatic carbocycles. The Morgan fingerprint density at radius 3 is 2.71 bits per heavy atom. The molecule has 2 heterocycles. The highest BCUT2D eigenvalue weighted by molar-refractivity contribution is 6.31. The number of fused-ring (bicyclic) bond motifs is 2. The number of nitrogens with zero attached hydrogens (tertiary/aromatic N) is 2. The Balaban J connectivity index is 2.22. The fraction of sp³-hybridized carbons (Fsp3) is 0.154. The fourth-order valence-electron chi connectivity index (χ4n) is 2.09. The summed E-state index contributed by atoms with van der Waals surface area (Å²) in [6, 6.07) is 5.27. The van der Waals surface area contributed by atoms with Crippen LogP contribution in [-0.4, -0.2) is 15.8 Å². The van der Waals surface area contributed by atoms with Crippen molar-refractivity contribution in [2.24, 2.45) is 0 Å². The molecular formula is C13H9ClN2O. The van der Waals surface area contributed by atoms with Gasteiger partial charge in [-0.2, -0.15) is 0 Å². The number of pyridine rings is 2. The number of carbonyl (C=O) groups is 1. The van der Waals surface area contributed by atoms with Crippen LogP contribution in [0, 0.1) is 0 Å². The summed E-state index contributed by atoms with van der Waals surface area (Å²) >= 11 is 5.89. The van der Waals surface area contributed by atoms with Crippen LogP contribution in [0.2, 0.25) is 5.02 Å². The van der Waals surface area contributed by atoms with E-state index in [2.05, 4.69) is 9.97 Å². The molecular weight excluding hydrogens is 236 g/mol. The second kappa shape index (κ2) is 3.93. The first-order chi connectivity index (χ1) is 8.25. The lowest BCUT2D eigenvalue weighted by molar-refractivity contribution is 0.103. The van der Waals surface area contributed by atoms with Crippen LogP contribution in [0.25, 0.3) is 0 Å². The summed E-state index contributed by atoms with van der Waals surface area (Å²) in [7, 11) is 0. The summed E-state index contributed by atoms with van der Waals surface area (Å²) in [6.07, 6.45) is 4.76. The van der Waals surface area contributed by atoms with Gasteiger partial charge in [-0.25, -0.2) is 0 Å². The Morgan fingerprint density at radius 2 is 1.88 bits per heavy atom. The number of hydrogen-bond donors (Lipinski definition) is 0. The van der Waals surface area contributed by atoms with Gasteiger partial charge in [0.15, 0.2) is 5.78 Å². The van der Waals surface area contributed by atoms with E-state index in [9.17, 15) is 4.79 Å². The molecule has 0 saturated carbocycles. The van der Waals surface area contributed by atoms with Crippen LogP contribution in [0.3, 0.4) is 0 Å². The van der Waals surface area contributed by atoms with Crippen molar-refractivity contribution in [3.05, 3.63) is 58.1 Å². The number of rotatable bonds is 0. The Bertz CT molecular complexity index is 610. The van der Waals surface area contributed by atoms with E-state index in [1.807, 2.05) is 0 Å². The third kappa shape index (κ3) is 1.72. The molecule has 17 heavy (non-hydrogen) atoms. The van der Waals surface area contributed by atoms with Gasteiger partial charge in [-0.1, -0.05) is 11.6 Å². The molecule has 0 N–H and O–H groups in total. The molecule has 0 amide bonds. The summed E-state index contributed by atoms with van der Waals surface area (Å²) < 4.78 is 0. The Morgan fingerprint density at radius 1 is 1.12 bits per heavy atom. The summed E-state index contributed by atoms with van der Waals surface area (Å²) in [5.41, 5.74) is 2.91. The number of halogens is 1. The zero-order valence-electron chi connectivity index (χ0n) is 8.98. The molecule has 0 bridgehead atoms. The molecule has 3 nitrogen and oxygen atoms in total. The van der Waals surface area contributed by atoms with Crippen molar-refractivity contribution in [3.63, 3.8) is 0 Å². The van der Waals surface area contributed by atoms with Crippen molar-refractivity contribution in [2.45, 2.75) is 12.8 Å². The number of carbonyl (C=O) groups excluding carboxylic acids is 1. The van der Waals surface area contributed by atoms with Crippen LogP contribution < -0.4 is 0 Å². The van der Waals surface area contributed by atoms with Gasteiger partial charge in [-0.05, 0) is 31.0 Å². The highest BCUT2D eigenvalue weighted by atomic mass is 35.5. The summed E-state index contributed by atoms with van der Waals surface area (Å²) in [5, 5.41) is 0.490. The Kier molecular flexibility index (Phi) is 2.41. The first-order valence-electron chi connectivity index (χ1n) is 5.39. The third-order valence-electron chi connectivity index (χ3n) is 2.91. The zero-order valence-corrected chi connectivity index (χ0v) is 9.74. The first kappa shape index (κ1) is 10.4. The average Bonchev–Trinajstić information content (AvgIpc) is 2.49. The maximum Gasteiger partial charge on any atom is 0.196 e. The predicted molar refractivity (Wildman–Crippen MR) is 64.3 cm³/mol. The SMILES string of the molecule is O=C1c2cccnc2CCc2ncc(Cl)cc21. The van der Waals surface area contributed by atoms with Crippen molar-refractivity contribution in [1.82, 2.24) is 9.97 Å². The summed E-state index contributed by atoms with van der Waals surface area (Å²) in [6.45, 7) is 0. The van der Waals surface area contributed by atoms with E-state index in [0.717, 1.165) is 24.2 Å². The smallest absolute Gasteiger partial charge is 0.196 e. The second-order valence-electron chi connectivity index (χ2n) is 3.97. The minimum Gasteiger partial charge on any atom is -0.288 e. The van der Waals surface area contributed by atoms with Gasteiger partial charge in [-0.15, -0.1) is 0 Å². The second-order valence-corrected chi connectivity index (χ2v) is 4.41. The number of aryl methyl sites for hydroxylation is 2. The minimum absolute atomic E-state index is 0.0319. The van der Waals surface area contributed by atoms with Crippen LogP contribution in [0.4, 0.5) is 0 Å². The summed E-state index contributed by atoms with van der Waals surface area (Å²) in [4.78, 5) is 20.8. The number of ketones is 1. The van der Waals surface area contributed by atoms with Gasteiger partial charge in [0.1, 0.15) is 0 Å². The normalized spacial score (nSPS) is 13.8. The van der Waals surface area contributed by atoms with Gasteiger partial charge in [-0.3, -0.25) is 14.8 Å². The molecule has 0 fully saturated rings. The highest BCUT2D eigenvalue weighted by Crippen LogP contribution is 2.23. The van der Waals surface area contributed by atoms with Crippen molar-refractivity contribution in [1.29, 1.82) is 0 Å². The van der Waals surface area contributed by atoms with Crippen LogP contribution in [0.15, 0.2) is 30.6 Å². The van der Waals surface area contributed by atoms with E-state index < -0.39 is 0 Å². The predicted octanol–water partition coefficient (Wildman–Crippen LogP) is 2.46. The fourth-order valence-corrected chi connectivity index (χ4v) is 2.25. The van der Waals surface area contributed by atoms with Crippen molar-refractivity contribution in [2.75, 3.05) is 0 Å². The minimum atomic E-state index is -0.0319. The molecule has 84 valence electrons. The average molecular weight is 245 g/mol. The largest absolute Gasteiger partial charge is 0.288 e. The lowest BCUT2D eigenvalue weighted by atomic mass is 10.0. The molecule has 0 radical (unpaired) electrons. The van der Waals surface area contributed by atoms with Crippen molar-refractivity contribution in [3.8, 4) is 0 Å². The van der Waals surface area contributed by atoms with Gasteiger partial charge >= 0.3 is 0 Å². The first-order valence-corrected chi connectivity index (χ1v) is 5.76. The van der Waals surface area contributed by atoms with Gasteiger partial charge < -0.3 is 0 Å². The molecule has 0 unspecified atom stereocenters. The topological polar surface area (TPSA) is 42.9 Å². The zero-order chi connectivity index (χ0) is 11.8. The Hall–Kier alpha value is -1.74. The number of aromatic nitrogens is 2. The lowest BCUT2D eigenvalue weighted by Crippen LogP contribution is -2.05. The molecule has 4 heteroatoms. The van der Waals surface area contributed by atoms with E-state index >= 15 is 0 Å². The van der Waals surface area contributed by atoms with E-state index in [1.165, 1.54) is 0 Å². The van der Waals surface area contributed by atoms with E-state index in [0.29, 0.717) is 16.1 Å². The highest BCUT2D eigenvalue weighted by Gasteiger charge is 2.22. The maximum atomic E-state index is 12.3. The molecule has 1 aliphatic carbocycles. The molecule has 1 aliphatic rings. The summed E-state index contributed by atoms with van der Waals surface area (Å²) in [5.74, 6) is -0.0319. The lowest BCUT2D eigenvalue weighted by Gasteiger charge is -2.03. The van der Waals surface area contributed by atoms with Crippen LogP contribution in [0.5, 0.6) is 0 Å². The molecule has 0 spiro atoms. The van der Waals surface area contributed by atoms with Crippen molar-refractivity contribution < 1.29 is 4.79 Å². The van der Waals surface area contributed by atoms with Gasteiger partial charge in [0.2, 0.25) is 0 Å². The molecule has 2 aromatic heterocycles. The maximum absolute atomic E-state index is 12.3. The van der Waals surface area contributed by atoms with E-state index in [4.69, 9.17) is 11.6 Å². The van der Waals surface area contributed by atoms with E-state index in [-0.39, 0.29) is 5.78 Å². The number of hydrogen-bond acceptors (Lipinski definition) is 3. The van der Waals surface area contributed by atoms with Crippen molar-refractivity contribution >= 4 is 17.4 Å². The monoisotopic (exact) mass is 244 g/mol. The van der Waals surface area contributed by atoms with Crippen LogP contribution in [0.1, 0.15) is 27.3 Å². The molecule has 2 aromatic rings. The molecule has 3 rings (SSSR count). The van der Waals surface area contributed by atoms with Gasteiger partial charge in [0.25, 0.3) is 0 Å².